The van der Waals surface area contributed by atoms with Gasteiger partial charge in [-0.05, 0) is 25.0 Å². The number of nitrogens with zero attached hydrogens (tertiary/aromatic N) is 4. The minimum absolute atomic E-state index is 0.0119. The van der Waals surface area contributed by atoms with Gasteiger partial charge in [0.05, 0.1) is 16.8 Å². The highest BCUT2D eigenvalue weighted by atomic mass is 16.2. The molecule has 1 unspecified atom stereocenters. The van der Waals surface area contributed by atoms with E-state index in [0.29, 0.717) is 24.3 Å². The molecule has 30 heavy (non-hydrogen) atoms. The van der Waals surface area contributed by atoms with Crippen LogP contribution in [0.1, 0.15) is 60.4 Å². The molecule has 0 radical (unpaired) electrons. The van der Waals surface area contributed by atoms with E-state index < -0.39 is 5.91 Å². The number of pyridine rings is 1. The molecule has 1 atom stereocenters. The Morgan fingerprint density at radius 2 is 2.07 bits per heavy atom. The van der Waals surface area contributed by atoms with E-state index in [1.54, 1.807) is 6.20 Å². The number of likely N-dealkylation sites (tertiary alicyclic amines) is 1. The van der Waals surface area contributed by atoms with Gasteiger partial charge in [0.1, 0.15) is 12.4 Å². The number of nitrogens with two attached hydrogens (primary N) is 1. The van der Waals surface area contributed by atoms with Gasteiger partial charge in [0.15, 0.2) is 0 Å². The van der Waals surface area contributed by atoms with Crippen LogP contribution in [0.4, 0.5) is 0 Å². The number of aromatic nitrogens is 3. The normalized spacial score (nSPS) is 16.9. The van der Waals surface area contributed by atoms with Crippen LogP contribution in [-0.2, 0) is 11.3 Å². The highest BCUT2D eigenvalue weighted by Gasteiger charge is 2.29. The van der Waals surface area contributed by atoms with Crippen molar-refractivity contribution in [2.75, 3.05) is 13.1 Å². The number of para-hydroxylation sites is 1. The van der Waals surface area contributed by atoms with Crippen molar-refractivity contribution in [1.82, 2.24) is 19.4 Å². The van der Waals surface area contributed by atoms with Gasteiger partial charge in [-0.3, -0.25) is 14.6 Å². The van der Waals surface area contributed by atoms with Crippen molar-refractivity contribution in [3.8, 4) is 0 Å². The number of amides is 2. The fourth-order valence-electron chi connectivity index (χ4n) is 4.27. The van der Waals surface area contributed by atoms with Crippen LogP contribution in [0.25, 0.3) is 10.9 Å². The third kappa shape index (κ3) is 3.92. The Morgan fingerprint density at radius 1 is 1.27 bits per heavy atom. The average molecular weight is 406 g/mol. The lowest BCUT2D eigenvalue weighted by Gasteiger charge is -2.33. The van der Waals surface area contributed by atoms with Crippen molar-refractivity contribution >= 4 is 22.7 Å². The van der Waals surface area contributed by atoms with Crippen LogP contribution >= 0.6 is 0 Å². The molecule has 156 valence electrons. The SMILES string of the molecule is CC(C)c1nccn1CC(=O)N1CCCC(c2nc3ccccc3cc2C(N)=O)C1. The second-order valence-corrected chi connectivity index (χ2v) is 8.23. The topological polar surface area (TPSA) is 94.1 Å². The van der Waals surface area contributed by atoms with E-state index in [1.165, 1.54) is 0 Å². The zero-order valence-corrected chi connectivity index (χ0v) is 17.4. The van der Waals surface area contributed by atoms with Crippen LogP contribution in [0.15, 0.2) is 42.7 Å². The first-order valence-corrected chi connectivity index (χ1v) is 10.4. The number of carbonyl (C=O) groups is 2. The van der Waals surface area contributed by atoms with E-state index in [0.717, 1.165) is 29.6 Å². The molecule has 0 spiro atoms. The summed E-state index contributed by atoms with van der Waals surface area (Å²) in [6.07, 6.45) is 5.33. The maximum atomic E-state index is 13.0. The maximum absolute atomic E-state index is 13.0. The van der Waals surface area contributed by atoms with E-state index in [1.807, 2.05) is 46.0 Å². The summed E-state index contributed by atoms with van der Waals surface area (Å²) in [7, 11) is 0. The lowest BCUT2D eigenvalue weighted by atomic mass is 9.90. The van der Waals surface area contributed by atoms with Gasteiger partial charge in [-0.15, -0.1) is 0 Å². The van der Waals surface area contributed by atoms with Gasteiger partial charge in [-0.1, -0.05) is 32.0 Å². The Bertz CT molecular complexity index is 1090. The van der Waals surface area contributed by atoms with Crippen molar-refractivity contribution in [3.63, 3.8) is 0 Å². The van der Waals surface area contributed by atoms with Crippen LogP contribution in [0.5, 0.6) is 0 Å². The minimum atomic E-state index is -0.480. The summed E-state index contributed by atoms with van der Waals surface area (Å²) in [6, 6.07) is 9.52. The van der Waals surface area contributed by atoms with E-state index in [9.17, 15) is 9.59 Å². The van der Waals surface area contributed by atoms with Crippen LogP contribution in [0.2, 0.25) is 0 Å². The lowest BCUT2D eigenvalue weighted by molar-refractivity contribution is -0.133. The third-order valence-corrected chi connectivity index (χ3v) is 5.75. The molecule has 0 bridgehead atoms. The molecule has 3 heterocycles. The van der Waals surface area contributed by atoms with Crippen molar-refractivity contribution < 1.29 is 9.59 Å². The van der Waals surface area contributed by atoms with Gasteiger partial charge in [0.2, 0.25) is 5.91 Å². The number of imidazole rings is 1. The summed E-state index contributed by atoms with van der Waals surface area (Å²) < 4.78 is 1.92. The summed E-state index contributed by atoms with van der Waals surface area (Å²) in [5.74, 6) is 0.723. The molecule has 7 nitrogen and oxygen atoms in total. The Balaban J connectivity index is 1.58. The highest BCUT2D eigenvalue weighted by molar-refractivity contribution is 5.97. The summed E-state index contributed by atoms with van der Waals surface area (Å²) >= 11 is 0. The standard InChI is InChI=1S/C23H27N5O2/c1-15(2)23-25-9-11-28(23)14-20(29)27-10-5-7-17(13-27)21-18(22(24)30)12-16-6-3-4-8-19(16)26-21/h3-4,6,8-9,11-12,15,17H,5,7,10,13-14H2,1-2H3,(H2,24,30). The molecule has 3 aromatic rings. The summed E-state index contributed by atoms with van der Waals surface area (Å²) in [5, 5.41) is 0.889. The van der Waals surface area contributed by atoms with Gasteiger partial charge in [0, 0.05) is 42.7 Å². The molecule has 2 amide bonds. The molecule has 0 saturated carbocycles. The number of primary amides is 1. The zero-order chi connectivity index (χ0) is 21.3. The fraction of sp³-hybridized carbons (Fsp3) is 0.391. The molecule has 0 aliphatic carbocycles. The lowest BCUT2D eigenvalue weighted by Crippen LogP contribution is -2.41. The van der Waals surface area contributed by atoms with Crippen LogP contribution in [0.3, 0.4) is 0 Å². The van der Waals surface area contributed by atoms with Gasteiger partial charge >= 0.3 is 0 Å². The number of piperidine rings is 1. The predicted octanol–water partition coefficient (Wildman–Crippen LogP) is 3.06. The number of carbonyl (C=O) groups excluding carboxylic acids is 2. The predicted molar refractivity (Wildman–Crippen MR) is 115 cm³/mol. The zero-order valence-electron chi connectivity index (χ0n) is 17.4. The van der Waals surface area contributed by atoms with Crippen molar-refractivity contribution in [3.05, 3.63) is 59.8 Å². The molecule has 2 N–H and O–H groups in total. The Hall–Kier alpha value is -3.22. The Morgan fingerprint density at radius 3 is 2.83 bits per heavy atom. The quantitative estimate of drug-likeness (QED) is 0.706. The van der Waals surface area contributed by atoms with Crippen molar-refractivity contribution in [2.24, 2.45) is 5.73 Å². The van der Waals surface area contributed by atoms with E-state index in [2.05, 4.69) is 18.8 Å². The van der Waals surface area contributed by atoms with Gasteiger partial charge in [-0.2, -0.15) is 0 Å². The molecule has 4 rings (SSSR count). The molecular weight excluding hydrogens is 378 g/mol. The van der Waals surface area contributed by atoms with E-state index in [-0.39, 0.29) is 24.3 Å². The largest absolute Gasteiger partial charge is 0.366 e. The molecule has 1 fully saturated rings. The van der Waals surface area contributed by atoms with Crippen LogP contribution < -0.4 is 5.73 Å². The number of rotatable bonds is 5. The van der Waals surface area contributed by atoms with Crippen LogP contribution in [-0.4, -0.2) is 44.3 Å². The third-order valence-electron chi connectivity index (χ3n) is 5.75. The second kappa shape index (κ2) is 8.26. The first-order valence-electron chi connectivity index (χ1n) is 10.4. The molecule has 1 saturated heterocycles. The molecule has 1 aliphatic heterocycles. The smallest absolute Gasteiger partial charge is 0.250 e. The fourth-order valence-corrected chi connectivity index (χ4v) is 4.27. The molecule has 1 aromatic carbocycles. The van der Waals surface area contributed by atoms with Crippen LogP contribution in [0, 0.1) is 0 Å². The van der Waals surface area contributed by atoms with E-state index in [4.69, 9.17) is 10.7 Å². The highest BCUT2D eigenvalue weighted by Crippen LogP contribution is 2.30. The number of benzene rings is 1. The molecular formula is C23H27N5O2. The molecule has 7 heteroatoms. The van der Waals surface area contributed by atoms with E-state index >= 15 is 0 Å². The maximum Gasteiger partial charge on any atom is 0.250 e. The summed E-state index contributed by atoms with van der Waals surface area (Å²) in [6.45, 7) is 5.65. The van der Waals surface area contributed by atoms with Crippen molar-refractivity contribution in [2.45, 2.75) is 45.1 Å². The minimum Gasteiger partial charge on any atom is -0.366 e. The Labute approximate surface area is 175 Å². The van der Waals surface area contributed by atoms with Gasteiger partial charge in [-0.25, -0.2) is 4.98 Å². The second-order valence-electron chi connectivity index (χ2n) is 8.23. The monoisotopic (exact) mass is 405 g/mol. The van der Waals surface area contributed by atoms with Crippen molar-refractivity contribution in [1.29, 1.82) is 0 Å². The average Bonchev–Trinajstić information content (AvgIpc) is 3.21. The first kappa shape index (κ1) is 20.1. The number of hydrogen-bond acceptors (Lipinski definition) is 4. The molecule has 2 aromatic heterocycles. The Kier molecular flexibility index (Phi) is 5.53. The van der Waals surface area contributed by atoms with Gasteiger partial charge in [0.25, 0.3) is 5.91 Å². The summed E-state index contributed by atoms with van der Waals surface area (Å²) in [5.41, 5.74) is 7.65. The summed E-state index contributed by atoms with van der Waals surface area (Å²) in [4.78, 5) is 36.2. The first-order chi connectivity index (χ1) is 14.4. The number of fused-ring (bicyclic) bond motifs is 1. The van der Waals surface area contributed by atoms with Gasteiger partial charge < -0.3 is 15.2 Å². The number of hydrogen-bond donors (Lipinski definition) is 1. The molecule has 1 aliphatic rings.